The Morgan fingerprint density at radius 3 is 2.95 bits per heavy atom. The standard InChI is InChI=1S/C13H16N2O5/c1-20-12-5-4-9(7-11(12)15(18)19)13(17)14-6-2-3-10(14)8-16/h4-5,7,10,16H,2-3,6,8H2,1H3/t10-/m0/s1. The van der Waals surface area contributed by atoms with E-state index in [0.717, 1.165) is 12.8 Å². The number of aliphatic hydroxyl groups is 1. The molecule has 0 unspecified atom stereocenters. The molecule has 0 bridgehead atoms. The molecule has 1 N–H and O–H groups in total. The lowest BCUT2D eigenvalue weighted by Gasteiger charge is -2.23. The summed E-state index contributed by atoms with van der Waals surface area (Å²) in [6, 6.07) is 3.92. The number of hydrogen-bond acceptors (Lipinski definition) is 5. The second kappa shape index (κ2) is 5.87. The number of hydrogen-bond donors (Lipinski definition) is 1. The summed E-state index contributed by atoms with van der Waals surface area (Å²) in [6.45, 7) is 0.466. The van der Waals surface area contributed by atoms with E-state index < -0.39 is 4.92 Å². The molecule has 1 fully saturated rings. The van der Waals surface area contributed by atoms with Gasteiger partial charge in [0, 0.05) is 18.2 Å². The molecule has 20 heavy (non-hydrogen) atoms. The molecule has 7 nitrogen and oxygen atoms in total. The maximum atomic E-state index is 12.3. The van der Waals surface area contributed by atoms with Crippen molar-refractivity contribution in [1.29, 1.82) is 0 Å². The highest BCUT2D eigenvalue weighted by atomic mass is 16.6. The highest BCUT2D eigenvalue weighted by Gasteiger charge is 2.30. The van der Waals surface area contributed by atoms with E-state index in [1.54, 1.807) is 4.90 Å². The lowest BCUT2D eigenvalue weighted by atomic mass is 10.1. The van der Waals surface area contributed by atoms with Crippen molar-refractivity contribution in [3.63, 3.8) is 0 Å². The monoisotopic (exact) mass is 280 g/mol. The SMILES string of the molecule is COc1ccc(C(=O)N2CCC[C@H]2CO)cc1[N+](=O)[O-]. The molecule has 0 spiro atoms. The molecular weight excluding hydrogens is 264 g/mol. The maximum Gasteiger partial charge on any atom is 0.311 e. The van der Waals surface area contributed by atoms with Crippen molar-refractivity contribution in [2.24, 2.45) is 0 Å². The van der Waals surface area contributed by atoms with Crippen LogP contribution in [0.4, 0.5) is 5.69 Å². The number of nitrogens with zero attached hydrogens (tertiary/aromatic N) is 2. The average molecular weight is 280 g/mol. The summed E-state index contributed by atoms with van der Waals surface area (Å²) in [5, 5.41) is 20.2. The van der Waals surface area contributed by atoms with Crippen LogP contribution in [0.15, 0.2) is 18.2 Å². The minimum Gasteiger partial charge on any atom is -0.490 e. The normalized spacial score (nSPS) is 18.1. The second-order valence-corrected chi connectivity index (χ2v) is 4.62. The molecule has 0 aliphatic carbocycles. The Kier molecular flexibility index (Phi) is 4.19. The van der Waals surface area contributed by atoms with Crippen molar-refractivity contribution in [2.45, 2.75) is 18.9 Å². The van der Waals surface area contributed by atoms with Crippen LogP contribution in [0.25, 0.3) is 0 Å². The van der Waals surface area contributed by atoms with E-state index in [0.29, 0.717) is 6.54 Å². The van der Waals surface area contributed by atoms with Gasteiger partial charge in [0.05, 0.1) is 24.7 Å². The third kappa shape index (κ3) is 2.57. The van der Waals surface area contributed by atoms with Gasteiger partial charge in [-0.3, -0.25) is 14.9 Å². The average Bonchev–Trinajstić information content (AvgIpc) is 2.94. The first kappa shape index (κ1) is 14.3. The van der Waals surface area contributed by atoms with Gasteiger partial charge in [0.25, 0.3) is 5.91 Å². The van der Waals surface area contributed by atoms with Gasteiger partial charge in [-0.1, -0.05) is 0 Å². The van der Waals surface area contributed by atoms with E-state index in [-0.39, 0.29) is 35.6 Å². The maximum absolute atomic E-state index is 12.3. The first-order valence-corrected chi connectivity index (χ1v) is 6.32. The van der Waals surface area contributed by atoms with Crippen molar-refractivity contribution in [3.05, 3.63) is 33.9 Å². The van der Waals surface area contributed by atoms with Gasteiger partial charge in [0.1, 0.15) is 0 Å². The van der Waals surface area contributed by atoms with Gasteiger partial charge in [0.15, 0.2) is 5.75 Å². The molecule has 1 saturated heterocycles. The zero-order chi connectivity index (χ0) is 14.7. The van der Waals surface area contributed by atoms with Crippen LogP contribution in [0.5, 0.6) is 5.75 Å². The summed E-state index contributed by atoms with van der Waals surface area (Å²) < 4.78 is 4.90. The summed E-state index contributed by atoms with van der Waals surface area (Å²) in [5.41, 5.74) is -0.00375. The Morgan fingerprint density at radius 2 is 2.35 bits per heavy atom. The number of nitro benzene ring substituents is 1. The quantitative estimate of drug-likeness (QED) is 0.660. The van der Waals surface area contributed by atoms with Gasteiger partial charge in [-0.25, -0.2) is 0 Å². The van der Waals surface area contributed by atoms with E-state index in [1.165, 1.54) is 25.3 Å². The van der Waals surface area contributed by atoms with Gasteiger partial charge in [-0.15, -0.1) is 0 Å². The van der Waals surface area contributed by atoms with Gasteiger partial charge >= 0.3 is 5.69 Å². The van der Waals surface area contributed by atoms with Crippen LogP contribution >= 0.6 is 0 Å². The van der Waals surface area contributed by atoms with Crippen LogP contribution in [-0.2, 0) is 0 Å². The lowest BCUT2D eigenvalue weighted by Crippen LogP contribution is -2.37. The minimum atomic E-state index is -0.580. The van der Waals surface area contributed by atoms with Gasteiger partial charge in [0.2, 0.25) is 0 Å². The summed E-state index contributed by atoms with van der Waals surface area (Å²) >= 11 is 0. The number of likely N-dealkylation sites (tertiary alicyclic amines) is 1. The second-order valence-electron chi connectivity index (χ2n) is 4.62. The number of benzene rings is 1. The highest BCUT2D eigenvalue weighted by molar-refractivity contribution is 5.95. The number of carbonyl (C=O) groups excluding carboxylic acids is 1. The molecule has 1 aliphatic rings. The molecule has 2 rings (SSSR count). The van der Waals surface area contributed by atoms with E-state index in [1.807, 2.05) is 0 Å². The zero-order valence-corrected chi connectivity index (χ0v) is 11.1. The smallest absolute Gasteiger partial charge is 0.311 e. The zero-order valence-electron chi connectivity index (χ0n) is 11.1. The van der Waals surface area contributed by atoms with E-state index in [9.17, 15) is 20.0 Å². The van der Waals surface area contributed by atoms with Gasteiger partial charge in [-0.2, -0.15) is 0 Å². The fourth-order valence-electron chi connectivity index (χ4n) is 2.42. The molecule has 0 radical (unpaired) electrons. The van der Waals surface area contributed by atoms with Crippen LogP contribution in [0.3, 0.4) is 0 Å². The van der Waals surface area contributed by atoms with Crippen LogP contribution in [0, 0.1) is 10.1 Å². The van der Waals surface area contributed by atoms with E-state index in [2.05, 4.69) is 0 Å². The van der Waals surface area contributed by atoms with Gasteiger partial charge in [-0.05, 0) is 25.0 Å². The molecule has 7 heteroatoms. The Labute approximate surface area is 115 Å². The Balaban J connectivity index is 2.31. The van der Waals surface area contributed by atoms with Crippen molar-refractivity contribution >= 4 is 11.6 Å². The van der Waals surface area contributed by atoms with Crippen LogP contribution in [0.2, 0.25) is 0 Å². The fraction of sp³-hybridized carbons (Fsp3) is 0.462. The third-order valence-electron chi connectivity index (χ3n) is 3.47. The molecular formula is C13H16N2O5. The van der Waals surface area contributed by atoms with Crippen LogP contribution in [-0.4, -0.2) is 47.1 Å². The van der Waals surface area contributed by atoms with E-state index >= 15 is 0 Å². The number of methoxy groups -OCH3 is 1. The first-order valence-electron chi connectivity index (χ1n) is 6.32. The Morgan fingerprint density at radius 1 is 1.60 bits per heavy atom. The predicted octanol–water partition coefficient (Wildman–Crippen LogP) is 1.20. The summed E-state index contributed by atoms with van der Waals surface area (Å²) in [5.74, 6) is -0.181. The minimum absolute atomic E-state index is 0.0933. The molecule has 1 aliphatic heterocycles. The molecule has 0 aromatic heterocycles. The van der Waals surface area contributed by atoms with E-state index in [4.69, 9.17) is 4.74 Å². The molecule has 108 valence electrons. The molecule has 1 aromatic carbocycles. The number of amides is 1. The number of ether oxygens (including phenoxy) is 1. The Hall–Kier alpha value is -2.15. The first-order chi connectivity index (χ1) is 9.58. The van der Waals surface area contributed by atoms with Crippen LogP contribution in [0.1, 0.15) is 23.2 Å². The topological polar surface area (TPSA) is 92.9 Å². The summed E-state index contributed by atoms with van der Waals surface area (Å²) in [7, 11) is 1.34. The molecule has 1 atom stereocenters. The molecule has 1 heterocycles. The van der Waals surface area contributed by atoms with Crippen molar-refractivity contribution < 1.29 is 19.6 Å². The van der Waals surface area contributed by atoms with Crippen molar-refractivity contribution in [1.82, 2.24) is 4.90 Å². The largest absolute Gasteiger partial charge is 0.490 e. The number of nitro groups is 1. The van der Waals surface area contributed by atoms with Crippen molar-refractivity contribution in [2.75, 3.05) is 20.3 Å². The number of aliphatic hydroxyl groups excluding tert-OH is 1. The van der Waals surface area contributed by atoms with Gasteiger partial charge < -0.3 is 14.7 Å². The number of rotatable bonds is 4. The molecule has 1 aromatic rings. The van der Waals surface area contributed by atoms with Crippen LogP contribution < -0.4 is 4.74 Å². The summed E-state index contributed by atoms with van der Waals surface area (Å²) in [6.07, 6.45) is 1.58. The predicted molar refractivity (Wildman–Crippen MR) is 70.8 cm³/mol. The highest BCUT2D eigenvalue weighted by Crippen LogP contribution is 2.29. The van der Waals surface area contributed by atoms with Crippen molar-refractivity contribution in [3.8, 4) is 5.75 Å². The lowest BCUT2D eigenvalue weighted by molar-refractivity contribution is -0.385. The third-order valence-corrected chi connectivity index (χ3v) is 3.47. The number of carbonyl (C=O) groups is 1. The summed E-state index contributed by atoms with van der Waals surface area (Å²) in [4.78, 5) is 24.3. The molecule has 0 saturated carbocycles. The Bertz CT molecular complexity index is 531. The molecule has 1 amide bonds. The fourth-order valence-corrected chi connectivity index (χ4v) is 2.42.